The van der Waals surface area contributed by atoms with Crippen molar-refractivity contribution in [3.05, 3.63) is 18.7 Å². The van der Waals surface area contributed by atoms with Gasteiger partial charge in [0.25, 0.3) is 0 Å². The second-order valence-electron chi connectivity index (χ2n) is 1.50. The second kappa shape index (κ2) is 9.96. The molecule has 3 nitrogen and oxygen atoms in total. The van der Waals surface area contributed by atoms with E-state index in [0.29, 0.717) is 0 Å². The first-order chi connectivity index (χ1) is 4.81. The van der Waals surface area contributed by atoms with Crippen molar-refractivity contribution in [1.29, 1.82) is 0 Å². The number of nitrogens with zero attached hydrogens (tertiary/aromatic N) is 2. The van der Waals surface area contributed by atoms with Crippen molar-refractivity contribution in [2.45, 2.75) is 0 Å². The van der Waals surface area contributed by atoms with Crippen LogP contribution < -0.4 is 0 Å². The van der Waals surface area contributed by atoms with Crippen LogP contribution in [0, 0.1) is 0 Å². The van der Waals surface area contributed by atoms with Crippen LogP contribution in [0.3, 0.4) is 0 Å². The van der Waals surface area contributed by atoms with Gasteiger partial charge in [0.1, 0.15) is 6.33 Å². The van der Waals surface area contributed by atoms with Crippen molar-refractivity contribution < 1.29 is 5.11 Å². The third-order valence-corrected chi connectivity index (χ3v) is 0.547. The van der Waals surface area contributed by atoms with Gasteiger partial charge in [-0.25, -0.2) is 9.97 Å². The molecule has 0 amide bonds. The summed E-state index contributed by atoms with van der Waals surface area (Å²) in [5.74, 6) is 0.0995. The molecule has 5 heteroatoms. The molecule has 1 N–H and O–H groups in total. The maximum atomic E-state index is 8.51. The van der Waals surface area contributed by atoms with E-state index in [0.717, 1.165) is 0 Å². The van der Waals surface area contributed by atoms with Gasteiger partial charge in [0.15, 0.2) is 5.75 Å². The van der Waals surface area contributed by atoms with Crippen molar-refractivity contribution in [3.63, 3.8) is 0 Å². The highest BCUT2D eigenvalue weighted by molar-refractivity contribution is 14.0. The first-order valence-corrected chi connectivity index (χ1v) is 4.28. The van der Waals surface area contributed by atoms with Crippen molar-refractivity contribution in [2.24, 2.45) is 0 Å². The lowest BCUT2D eigenvalue weighted by Crippen LogP contribution is -1.70. The van der Waals surface area contributed by atoms with Crippen molar-refractivity contribution in [2.75, 3.05) is 12.5 Å². The smallest absolute Gasteiger partial charge is 0.152 e. The Morgan fingerprint density at radius 2 is 1.64 bits per heavy atom. The lowest BCUT2D eigenvalue weighted by Gasteiger charge is -1.81. The van der Waals surface area contributed by atoms with Crippen LogP contribution in [0.15, 0.2) is 18.7 Å². The van der Waals surface area contributed by atoms with Gasteiger partial charge in [-0.15, -0.1) is 24.0 Å². The molecular formula is C6H11IN2OS. The standard InChI is InChI=1S/C4H4N2O.C2H6S.HI/c7-4-1-5-3-6-2-4;1-3-2;/h1-3,7H;1-2H3;1H. The Balaban J connectivity index is 0. The Hall–Kier alpha value is -0.0400. The molecule has 0 bridgehead atoms. The fraction of sp³-hybridized carbons (Fsp3) is 0.333. The Morgan fingerprint density at radius 1 is 1.27 bits per heavy atom. The van der Waals surface area contributed by atoms with Gasteiger partial charge >= 0.3 is 0 Å². The summed E-state index contributed by atoms with van der Waals surface area (Å²) in [6.07, 6.45) is 8.10. The first kappa shape index (κ1) is 13.5. The molecular weight excluding hydrogens is 275 g/mol. The highest BCUT2D eigenvalue weighted by atomic mass is 127. The van der Waals surface area contributed by atoms with Crippen LogP contribution in [0.2, 0.25) is 0 Å². The van der Waals surface area contributed by atoms with Crippen LogP contribution in [0.5, 0.6) is 5.75 Å². The van der Waals surface area contributed by atoms with Crippen LogP contribution in [-0.4, -0.2) is 27.6 Å². The highest BCUT2D eigenvalue weighted by Crippen LogP contribution is 1.96. The van der Waals surface area contributed by atoms with Gasteiger partial charge in [-0.2, -0.15) is 11.8 Å². The van der Waals surface area contributed by atoms with E-state index in [-0.39, 0.29) is 29.7 Å². The minimum Gasteiger partial charge on any atom is -0.505 e. The number of hydrogen-bond acceptors (Lipinski definition) is 4. The summed E-state index contributed by atoms with van der Waals surface area (Å²) in [5.41, 5.74) is 0. The van der Waals surface area contributed by atoms with E-state index < -0.39 is 0 Å². The zero-order valence-corrected chi connectivity index (χ0v) is 9.54. The molecule has 0 saturated carbocycles. The molecule has 0 aliphatic carbocycles. The lowest BCUT2D eigenvalue weighted by molar-refractivity contribution is 0.469. The third-order valence-electron chi connectivity index (χ3n) is 0.547. The number of aromatic hydroxyl groups is 1. The first-order valence-electron chi connectivity index (χ1n) is 2.65. The predicted molar refractivity (Wildman–Crippen MR) is 58.6 cm³/mol. The minimum atomic E-state index is 0. The maximum Gasteiger partial charge on any atom is 0.152 e. The van der Waals surface area contributed by atoms with Gasteiger partial charge < -0.3 is 5.11 Å². The van der Waals surface area contributed by atoms with Crippen LogP contribution in [0.1, 0.15) is 0 Å². The van der Waals surface area contributed by atoms with Crippen LogP contribution in [0.4, 0.5) is 0 Å². The summed E-state index contributed by atoms with van der Waals surface area (Å²) in [4.78, 5) is 7.05. The Morgan fingerprint density at radius 3 is 1.82 bits per heavy atom. The van der Waals surface area contributed by atoms with Gasteiger partial charge in [0.2, 0.25) is 0 Å². The molecule has 0 unspecified atom stereocenters. The fourth-order valence-electron chi connectivity index (χ4n) is 0.291. The molecule has 1 aromatic rings. The summed E-state index contributed by atoms with van der Waals surface area (Å²) in [6.45, 7) is 0. The van der Waals surface area contributed by atoms with Gasteiger partial charge in [0, 0.05) is 0 Å². The molecule has 11 heavy (non-hydrogen) atoms. The minimum absolute atomic E-state index is 0. The van der Waals surface area contributed by atoms with Gasteiger partial charge in [-0.05, 0) is 12.5 Å². The van der Waals surface area contributed by atoms with Crippen molar-refractivity contribution in [3.8, 4) is 5.75 Å². The Bertz CT molecular complexity index is 162. The number of aromatic nitrogens is 2. The monoisotopic (exact) mass is 286 g/mol. The third kappa shape index (κ3) is 9.96. The number of halogens is 1. The SMILES string of the molecule is CSC.I.Oc1cncnc1. The molecule has 0 fully saturated rings. The molecule has 0 atom stereocenters. The van der Waals surface area contributed by atoms with E-state index in [2.05, 4.69) is 9.97 Å². The number of rotatable bonds is 0. The van der Waals surface area contributed by atoms with E-state index in [1.54, 1.807) is 11.8 Å². The summed E-state index contributed by atoms with van der Waals surface area (Å²) in [6, 6.07) is 0. The molecule has 64 valence electrons. The topological polar surface area (TPSA) is 46.0 Å². The summed E-state index contributed by atoms with van der Waals surface area (Å²) in [7, 11) is 0. The molecule has 0 aliphatic heterocycles. The molecule has 1 rings (SSSR count). The highest BCUT2D eigenvalue weighted by Gasteiger charge is 1.77. The predicted octanol–water partition coefficient (Wildman–Crippen LogP) is 1.78. The zero-order valence-electron chi connectivity index (χ0n) is 6.39. The van der Waals surface area contributed by atoms with E-state index in [1.165, 1.54) is 18.7 Å². The van der Waals surface area contributed by atoms with Gasteiger partial charge in [0.05, 0.1) is 12.4 Å². The van der Waals surface area contributed by atoms with E-state index in [1.807, 2.05) is 12.5 Å². The number of thioether (sulfide) groups is 1. The van der Waals surface area contributed by atoms with Crippen molar-refractivity contribution in [1.82, 2.24) is 9.97 Å². The average molecular weight is 286 g/mol. The summed E-state index contributed by atoms with van der Waals surface area (Å²) in [5, 5.41) is 8.51. The molecule has 1 aromatic heterocycles. The molecule has 0 aliphatic rings. The fourth-order valence-corrected chi connectivity index (χ4v) is 0.291. The quantitative estimate of drug-likeness (QED) is 0.738. The normalized spacial score (nSPS) is 7.09. The van der Waals surface area contributed by atoms with E-state index >= 15 is 0 Å². The Kier molecular flexibility index (Phi) is 12.3. The van der Waals surface area contributed by atoms with Gasteiger partial charge in [-0.3, -0.25) is 0 Å². The molecule has 0 aromatic carbocycles. The van der Waals surface area contributed by atoms with Gasteiger partial charge in [-0.1, -0.05) is 0 Å². The summed E-state index contributed by atoms with van der Waals surface area (Å²) < 4.78 is 0. The molecule has 1 heterocycles. The zero-order chi connectivity index (χ0) is 7.82. The van der Waals surface area contributed by atoms with Crippen LogP contribution >= 0.6 is 35.7 Å². The van der Waals surface area contributed by atoms with E-state index in [9.17, 15) is 0 Å². The molecule has 0 radical (unpaired) electrons. The van der Waals surface area contributed by atoms with Crippen LogP contribution in [-0.2, 0) is 0 Å². The second-order valence-corrected chi connectivity index (χ2v) is 2.32. The lowest BCUT2D eigenvalue weighted by atomic mass is 10.6. The summed E-state index contributed by atoms with van der Waals surface area (Å²) >= 11 is 1.75. The van der Waals surface area contributed by atoms with Crippen molar-refractivity contribution >= 4 is 35.7 Å². The average Bonchev–Trinajstić information content (AvgIpc) is 1.91. The van der Waals surface area contributed by atoms with Crippen LogP contribution in [0.25, 0.3) is 0 Å². The largest absolute Gasteiger partial charge is 0.505 e. The molecule has 0 spiro atoms. The maximum absolute atomic E-state index is 8.51. The van der Waals surface area contributed by atoms with E-state index in [4.69, 9.17) is 5.11 Å². The Labute approximate surface area is 87.7 Å². The number of hydrogen-bond donors (Lipinski definition) is 1. The molecule has 0 saturated heterocycles.